The van der Waals surface area contributed by atoms with E-state index in [1.807, 2.05) is 46.0 Å². The molecule has 1 aromatic heterocycles. The summed E-state index contributed by atoms with van der Waals surface area (Å²) in [4.78, 5) is 44.3. The maximum atomic E-state index is 13.3. The van der Waals surface area contributed by atoms with Crippen LogP contribution < -0.4 is 16.0 Å². The second-order valence-electron chi connectivity index (χ2n) is 13.0. The first-order valence-corrected chi connectivity index (χ1v) is 15.5. The van der Waals surface area contributed by atoms with Gasteiger partial charge in [-0.25, -0.2) is 9.78 Å². The SMILES string of the molecule is CC(C)(C)OC(=O)NC(C)(C)C(=O)N[C@H](COCc1ccccc1)C1OC1Nc1cn(CCCCC(=O)N2CCCC2)cn1. The molecule has 3 amide bonds. The molecule has 4 rings (SSSR count). The van der Waals surface area contributed by atoms with Gasteiger partial charge in [0.15, 0.2) is 6.23 Å². The topological polar surface area (TPSA) is 139 Å². The van der Waals surface area contributed by atoms with E-state index >= 15 is 0 Å². The van der Waals surface area contributed by atoms with Gasteiger partial charge in [-0.3, -0.25) is 9.59 Å². The standard InChI is InChI=1S/C32H48N6O6/c1-31(2,3)44-30(41)36-32(4,5)29(40)34-24(21-42-20-23-13-7-6-8-14-23)27-28(43-27)35-25-19-37(22-33-25)16-10-9-15-26(39)38-17-11-12-18-38/h6-8,13-14,19,22,24,27-28,35H,9-12,15-18,20-21H2,1-5H3,(H,34,40)(H,36,41)/t24-,27?,28?/m1/s1. The highest BCUT2D eigenvalue weighted by molar-refractivity contribution is 5.89. The molecule has 3 heterocycles. The van der Waals surface area contributed by atoms with Crippen molar-refractivity contribution in [1.29, 1.82) is 0 Å². The number of ether oxygens (including phenoxy) is 3. The Bertz CT molecular complexity index is 1240. The van der Waals surface area contributed by atoms with Gasteiger partial charge < -0.3 is 39.6 Å². The monoisotopic (exact) mass is 612 g/mol. The van der Waals surface area contributed by atoms with Crippen molar-refractivity contribution in [3.63, 3.8) is 0 Å². The quantitative estimate of drug-likeness (QED) is 0.204. The predicted octanol–water partition coefficient (Wildman–Crippen LogP) is 3.82. The van der Waals surface area contributed by atoms with Gasteiger partial charge in [-0.2, -0.15) is 0 Å². The predicted molar refractivity (Wildman–Crippen MR) is 166 cm³/mol. The molecule has 12 nitrogen and oxygen atoms in total. The molecule has 2 saturated heterocycles. The number of carbonyl (C=O) groups is 3. The van der Waals surface area contributed by atoms with Crippen LogP contribution in [0.4, 0.5) is 10.6 Å². The summed E-state index contributed by atoms with van der Waals surface area (Å²) in [7, 11) is 0. The Morgan fingerprint density at radius 2 is 1.80 bits per heavy atom. The second kappa shape index (κ2) is 14.9. The summed E-state index contributed by atoms with van der Waals surface area (Å²) < 4.78 is 19.2. The Hall–Kier alpha value is -3.64. The van der Waals surface area contributed by atoms with Crippen molar-refractivity contribution in [2.75, 3.05) is 25.0 Å². The number of amides is 3. The summed E-state index contributed by atoms with van der Waals surface area (Å²) in [5.41, 5.74) is -0.915. The molecule has 44 heavy (non-hydrogen) atoms. The number of imidazole rings is 1. The number of hydrogen-bond acceptors (Lipinski definition) is 8. The number of nitrogens with one attached hydrogen (secondary N) is 3. The molecular formula is C32H48N6O6. The highest BCUT2D eigenvalue weighted by atomic mass is 16.6. The van der Waals surface area contributed by atoms with Gasteiger partial charge in [0.05, 0.1) is 25.6 Å². The van der Waals surface area contributed by atoms with E-state index < -0.39 is 29.2 Å². The zero-order valence-corrected chi connectivity index (χ0v) is 26.6. The van der Waals surface area contributed by atoms with Crippen LogP contribution >= 0.6 is 0 Å². The van der Waals surface area contributed by atoms with Gasteiger partial charge in [0.2, 0.25) is 11.8 Å². The van der Waals surface area contributed by atoms with Crippen molar-refractivity contribution >= 4 is 23.7 Å². The Morgan fingerprint density at radius 1 is 1.07 bits per heavy atom. The molecule has 1 aromatic carbocycles. The third-order valence-electron chi connectivity index (χ3n) is 7.47. The van der Waals surface area contributed by atoms with Gasteiger partial charge in [-0.15, -0.1) is 0 Å². The van der Waals surface area contributed by atoms with Gasteiger partial charge in [-0.05, 0) is 65.9 Å². The minimum Gasteiger partial charge on any atom is -0.444 e. The van der Waals surface area contributed by atoms with E-state index in [1.54, 1.807) is 40.9 Å². The first kappa shape index (κ1) is 33.3. The molecule has 2 aliphatic heterocycles. The molecule has 0 saturated carbocycles. The molecule has 0 radical (unpaired) electrons. The highest BCUT2D eigenvalue weighted by Crippen LogP contribution is 2.28. The number of anilines is 1. The van der Waals surface area contributed by atoms with Crippen LogP contribution in [-0.4, -0.2) is 81.6 Å². The number of aryl methyl sites for hydroxylation is 1. The Balaban J connectivity index is 1.28. The molecule has 3 atom stereocenters. The van der Waals surface area contributed by atoms with Gasteiger partial charge in [0.25, 0.3) is 0 Å². The summed E-state index contributed by atoms with van der Waals surface area (Å²) in [5, 5.41) is 8.93. The molecule has 12 heteroatoms. The minimum atomic E-state index is -1.24. The summed E-state index contributed by atoms with van der Waals surface area (Å²) in [5.74, 6) is 0.525. The second-order valence-corrected chi connectivity index (χ2v) is 13.0. The van der Waals surface area contributed by atoms with Crippen LogP contribution in [-0.2, 0) is 37.0 Å². The number of alkyl carbamates (subject to hydrolysis) is 1. The van der Waals surface area contributed by atoms with E-state index in [2.05, 4.69) is 20.9 Å². The fourth-order valence-corrected chi connectivity index (χ4v) is 5.00. The molecule has 242 valence electrons. The molecular weight excluding hydrogens is 564 g/mol. The molecule has 2 unspecified atom stereocenters. The number of unbranched alkanes of at least 4 members (excludes halogenated alkanes) is 1. The average Bonchev–Trinajstić information content (AvgIpc) is 3.30. The zero-order chi connectivity index (χ0) is 31.7. The Kier molecular flexibility index (Phi) is 11.3. The Morgan fingerprint density at radius 3 is 2.50 bits per heavy atom. The first-order valence-electron chi connectivity index (χ1n) is 15.5. The molecule has 2 aromatic rings. The highest BCUT2D eigenvalue weighted by Gasteiger charge is 2.47. The van der Waals surface area contributed by atoms with Crippen LogP contribution in [0.25, 0.3) is 0 Å². The molecule has 0 bridgehead atoms. The number of nitrogens with zero attached hydrogens (tertiary/aromatic N) is 3. The number of hydrogen-bond donors (Lipinski definition) is 3. The number of epoxide rings is 1. The third kappa shape index (κ3) is 10.5. The first-order chi connectivity index (χ1) is 20.9. The average molecular weight is 613 g/mol. The van der Waals surface area contributed by atoms with Crippen LogP contribution in [0, 0.1) is 0 Å². The van der Waals surface area contributed by atoms with Crippen LogP contribution in [0.3, 0.4) is 0 Å². The molecule has 0 spiro atoms. The zero-order valence-electron chi connectivity index (χ0n) is 26.6. The van der Waals surface area contributed by atoms with E-state index in [4.69, 9.17) is 14.2 Å². The van der Waals surface area contributed by atoms with E-state index in [0.29, 0.717) is 18.8 Å². The summed E-state index contributed by atoms with van der Waals surface area (Å²) in [6, 6.07) is 9.29. The van der Waals surface area contributed by atoms with Crippen molar-refractivity contribution < 1.29 is 28.6 Å². The maximum Gasteiger partial charge on any atom is 0.408 e. The smallest absolute Gasteiger partial charge is 0.408 e. The lowest BCUT2D eigenvalue weighted by molar-refractivity contribution is -0.130. The van der Waals surface area contributed by atoms with Crippen molar-refractivity contribution in [3.05, 3.63) is 48.4 Å². The van der Waals surface area contributed by atoms with Crippen molar-refractivity contribution in [1.82, 2.24) is 25.1 Å². The van der Waals surface area contributed by atoms with Gasteiger partial charge >= 0.3 is 6.09 Å². The number of carbonyl (C=O) groups excluding carboxylic acids is 3. The summed E-state index contributed by atoms with van der Waals surface area (Å²) >= 11 is 0. The summed E-state index contributed by atoms with van der Waals surface area (Å²) in [6.45, 7) is 11.7. The molecule has 3 N–H and O–H groups in total. The lowest BCUT2D eigenvalue weighted by atomic mass is 10.0. The molecule has 0 aliphatic carbocycles. The lowest BCUT2D eigenvalue weighted by Gasteiger charge is -2.29. The van der Waals surface area contributed by atoms with E-state index in [1.165, 1.54) is 0 Å². The van der Waals surface area contributed by atoms with Gasteiger partial charge in [0, 0.05) is 32.3 Å². The largest absolute Gasteiger partial charge is 0.444 e. The number of rotatable bonds is 15. The van der Waals surface area contributed by atoms with E-state index in [-0.39, 0.29) is 24.8 Å². The molecule has 2 aliphatic rings. The number of likely N-dealkylation sites (tertiary alicyclic amines) is 1. The van der Waals surface area contributed by atoms with Crippen molar-refractivity contribution in [2.45, 2.75) is 109 Å². The van der Waals surface area contributed by atoms with Crippen LogP contribution in [0.5, 0.6) is 0 Å². The number of aromatic nitrogens is 2. The Labute approximate surface area is 260 Å². The number of benzene rings is 1. The van der Waals surface area contributed by atoms with Crippen molar-refractivity contribution in [3.8, 4) is 0 Å². The maximum absolute atomic E-state index is 13.3. The van der Waals surface area contributed by atoms with Gasteiger partial charge in [0.1, 0.15) is 23.1 Å². The lowest BCUT2D eigenvalue weighted by Crippen LogP contribution is -2.59. The van der Waals surface area contributed by atoms with Crippen LogP contribution in [0.2, 0.25) is 0 Å². The summed E-state index contributed by atoms with van der Waals surface area (Å²) in [6.07, 6.45) is 6.79. The van der Waals surface area contributed by atoms with Crippen LogP contribution in [0.15, 0.2) is 42.9 Å². The fourth-order valence-electron chi connectivity index (χ4n) is 5.00. The fraction of sp³-hybridized carbons (Fsp3) is 0.625. The molecule has 2 fully saturated rings. The van der Waals surface area contributed by atoms with E-state index in [0.717, 1.165) is 50.9 Å². The minimum absolute atomic E-state index is 0.205. The van der Waals surface area contributed by atoms with Crippen LogP contribution in [0.1, 0.15) is 72.3 Å². The normalized spacial score (nSPS) is 18.9. The van der Waals surface area contributed by atoms with Gasteiger partial charge in [-0.1, -0.05) is 30.3 Å². The van der Waals surface area contributed by atoms with Crippen molar-refractivity contribution in [2.24, 2.45) is 0 Å². The van der Waals surface area contributed by atoms with E-state index in [9.17, 15) is 14.4 Å². The third-order valence-corrected chi connectivity index (χ3v) is 7.47.